The molecule has 2 N–H and O–H groups in total. The minimum absolute atomic E-state index is 0. The van der Waals surface area contributed by atoms with Crippen LogP contribution in [-0.2, 0) is 4.79 Å². The Balaban J connectivity index is 0.000000274. The Morgan fingerprint density at radius 1 is 0.568 bits per heavy atom. The molecule has 0 amide bonds. The van der Waals surface area contributed by atoms with Gasteiger partial charge in [0.05, 0.1) is 99.2 Å². The molecular weight excluding hydrogens is 975 g/mol. The number of hydrogen-bond acceptors (Lipinski definition) is 15. The van der Waals surface area contributed by atoms with Crippen molar-refractivity contribution in [3.63, 3.8) is 0 Å². The van der Waals surface area contributed by atoms with Gasteiger partial charge in [0, 0.05) is 66.8 Å². The topological polar surface area (TPSA) is 195 Å². The molecule has 0 unspecified atom stereocenters. The van der Waals surface area contributed by atoms with Crippen LogP contribution in [-0.4, -0.2) is 101 Å². The molecule has 0 spiro atoms. The zero-order chi connectivity index (χ0) is 53.8. The number of aldehydes is 1. The number of terminal acetylenes is 1. The van der Waals surface area contributed by atoms with Crippen LogP contribution in [0.25, 0.3) is 11.0 Å². The molecule has 0 bridgehead atoms. The largest absolute Gasteiger partial charge is 0.497 e. The van der Waals surface area contributed by atoms with Gasteiger partial charge >= 0.3 is 0 Å². The second-order valence-corrected chi connectivity index (χ2v) is 15.5. The number of nitrogens with zero attached hydrogens (tertiary/aromatic N) is 4. The van der Waals surface area contributed by atoms with Gasteiger partial charge in [-0.25, -0.2) is 9.03 Å². The van der Waals surface area contributed by atoms with Gasteiger partial charge in [0.25, 0.3) is 0 Å². The number of methoxy groups -OCH3 is 9. The van der Waals surface area contributed by atoms with Gasteiger partial charge in [0.15, 0.2) is 40.9 Å². The van der Waals surface area contributed by atoms with E-state index in [0.29, 0.717) is 85.6 Å². The Bertz CT molecular complexity index is 3140. The number of carbonyl (C=O) groups excluding carboxylic acids is 3. The monoisotopic (exact) mass is 1040 g/mol. The second-order valence-electron chi connectivity index (χ2n) is 15.5. The minimum atomic E-state index is -0.223. The van der Waals surface area contributed by atoms with Gasteiger partial charge in [-0.05, 0) is 111 Å². The molecule has 17 nitrogen and oxygen atoms in total. The van der Waals surface area contributed by atoms with E-state index in [0.717, 1.165) is 11.4 Å². The minimum Gasteiger partial charge on any atom is -0.497 e. The van der Waals surface area contributed by atoms with E-state index < -0.39 is 0 Å². The fraction of sp³-hybridized carbons (Fsp3) is 0.232. The zero-order valence-electron chi connectivity index (χ0n) is 43.7. The molecule has 0 aliphatic heterocycles. The fourth-order valence-corrected chi connectivity index (χ4v) is 7.23. The number of aromatic nitrogens is 4. The summed E-state index contributed by atoms with van der Waals surface area (Å²) in [6, 6.07) is 25.4. The van der Waals surface area contributed by atoms with E-state index in [9.17, 15) is 9.59 Å². The summed E-state index contributed by atoms with van der Waals surface area (Å²) >= 11 is 0. The summed E-state index contributed by atoms with van der Waals surface area (Å²) in [5.41, 5.74) is 14.8. The number of nitrogen functional groups attached to an aromatic ring is 1. The Labute approximate surface area is 461 Å². The number of pyridine rings is 2. The number of aryl methyl sites for hydroxylation is 3. The van der Waals surface area contributed by atoms with Crippen LogP contribution in [0.1, 0.15) is 54.1 Å². The van der Waals surface area contributed by atoms with Crippen molar-refractivity contribution in [1.82, 2.24) is 19.2 Å². The number of hydrogen-bond donors (Lipinski definition) is 1. The van der Waals surface area contributed by atoms with E-state index in [1.807, 2.05) is 18.2 Å². The summed E-state index contributed by atoms with van der Waals surface area (Å²) < 4.78 is 50.5. The molecule has 0 aliphatic rings. The molecule has 4 aromatic carbocycles. The molecule has 0 atom stereocenters. The molecule has 0 saturated heterocycles. The van der Waals surface area contributed by atoms with Crippen LogP contribution < -0.4 is 48.4 Å². The van der Waals surface area contributed by atoms with Crippen molar-refractivity contribution in [3.05, 3.63) is 154 Å². The third kappa shape index (κ3) is 15.1. The number of carbonyl (C=O) groups is 3. The molecule has 0 aliphatic carbocycles. The maximum Gasteiger partial charge on any atom is 0.203 e. The Morgan fingerprint density at radius 2 is 1.04 bits per heavy atom. The summed E-state index contributed by atoms with van der Waals surface area (Å²) in [6.07, 6.45) is 11.3. The number of ketones is 2. The van der Waals surface area contributed by atoms with Gasteiger partial charge in [-0.3, -0.25) is 14.4 Å². The quantitative estimate of drug-likeness (QED) is 0.0496. The molecule has 18 heteroatoms. The van der Waals surface area contributed by atoms with E-state index in [-0.39, 0.29) is 49.3 Å². The summed E-state index contributed by atoms with van der Waals surface area (Å²) in [6.45, 7) is 8.63. The summed E-state index contributed by atoms with van der Waals surface area (Å²) in [5.74, 6) is 5.88. The molecule has 390 valence electrons. The Hall–Kier alpha value is -7.91. The first-order valence-corrected chi connectivity index (χ1v) is 22.2. The summed E-state index contributed by atoms with van der Waals surface area (Å²) in [5, 5.41) is 8.44. The summed E-state index contributed by atoms with van der Waals surface area (Å²) in [7, 11) is 13.8. The number of rotatable bonds is 13. The maximum atomic E-state index is 13.1. The van der Waals surface area contributed by atoms with Gasteiger partial charge in [-0.2, -0.15) is 10.2 Å². The van der Waals surface area contributed by atoms with E-state index in [4.69, 9.17) is 53.2 Å². The van der Waals surface area contributed by atoms with Crippen molar-refractivity contribution >= 4 is 34.6 Å². The van der Waals surface area contributed by atoms with Gasteiger partial charge in [-0.1, -0.05) is 23.8 Å². The Kier molecular flexibility index (Phi) is 24.1. The number of fused-ring (bicyclic) bond motifs is 2. The molecule has 4 aromatic heterocycles. The van der Waals surface area contributed by atoms with Gasteiger partial charge in [0.2, 0.25) is 11.5 Å². The molecule has 4 heterocycles. The summed E-state index contributed by atoms with van der Waals surface area (Å²) in [4.78, 5) is 35.0. The first kappa shape index (κ1) is 60.4. The number of benzene rings is 4. The second kappa shape index (κ2) is 29.6. The van der Waals surface area contributed by atoms with Crippen molar-refractivity contribution in [2.45, 2.75) is 27.7 Å². The molecule has 0 fully saturated rings. The van der Waals surface area contributed by atoms with Gasteiger partial charge < -0.3 is 48.4 Å². The normalized spacial score (nSPS) is 9.78. The first-order valence-electron chi connectivity index (χ1n) is 22.2. The van der Waals surface area contributed by atoms with E-state index in [2.05, 4.69) is 56.4 Å². The van der Waals surface area contributed by atoms with Crippen molar-refractivity contribution in [2.75, 3.05) is 69.7 Å². The SMILES string of the molecule is C#CC=O.COc1cc(C(=O)c2cnn3cccc(OC)c23)cc(OC)c1OC.COc1ccc2c(C(=O)c3cc(OC)c(OC)c(OC)c3)cnn2c1.COc1cccc(N)c1.Cc1cc(C)c(C)c(C)c1.[Ar]. The van der Waals surface area contributed by atoms with Crippen molar-refractivity contribution in [3.8, 4) is 64.1 Å². The first-order chi connectivity index (χ1) is 35.1. The van der Waals surface area contributed by atoms with Crippen LogP contribution in [0, 0.1) is 77.8 Å². The third-order valence-electron chi connectivity index (χ3n) is 11.0. The smallest absolute Gasteiger partial charge is 0.203 e. The predicted octanol–water partition coefficient (Wildman–Crippen LogP) is 9.22. The van der Waals surface area contributed by atoms with Crippen molar-refractivity contribution in [1.29, 1.82) is 0 Å². The van der Waals surface area contributed by atoms with Gasteiger partial charge in [-0.15, -0.1) is 6.42 Å². The Morgan fingerprint density at radius 3 is 1.47 bits per heavy atom. The molecule has 0 saturated carbocycles. The molecular formula is C56H61ArN5O12. The van der Waals surface area contributed by atoms with E-state index >= 15 is 0 Å². The van der Waals surface area contributed by atoms with Crippen LogP contribution in [0.15, 0.2) is 110 Å². The van der Waals surface area contributed by atoms with Crippen molar-refractivity contribution in [2.24, 2.45) is 0 Å². The van der Waals surface area contributed by atoms with Gasteiger partial charge in [0.1, 0.15) is 22.8 Å². The number of anilines is 1. The zero-order valence-corrected chi connectivity index (χ0v) is 44.4. The fourth-order valence-electron chi connectivity index (χ4n) is 7.23. The number of nitrogens with two attached hydrogens (primary N) is 1. The standard InChI is InChI=1S/2C18H18N2O5.C10H14.C7H9NO.C3H2O.Ar/c1-22-12-5-6-14-13(9-19-20(14)10-12)17(21)11-7-15(23-2)18(25-4)16(8-11)24-3;1-22-13-6-5-7-20-16(13)12(10-19-20)17(21)11-8-14(23-2)18(25-4)15(9-11)24-3;1-7-5-8(2)10(4)9(3)6-7;1-9-7-4-2-3-6(8)5-7;1-2-3-4;/h2*5-10H,1-4H3;5-6H,1-4H3;2-5H,8H2,1H3;1,3H;. The average Bonchev–Trinajstić information content (AvgIpc) is 4.06. The van der Waals surface area contributed by atoms with Crippen LogP contribution >= 0.6 is 0 Å². The van der Waals surface area contributed by atoms with E-state index in [1.165, 1.54) is 77.3 Å². The van der Waals surface area contributed by atoms with Crippen LogP contribution in [0.4, 0.5) is 5.69 Å². The maximum absolute atomic E-state index is 13.1. The number of ether oxygens (including phenoxy) is 9. The predicted molar refractivity (Wildman–Crippen MR) is 280 cm³/mol. The van der Waals surface area contributed by atoms with Crippen molar-refractivity contribution < 1.29 is 94.8 Å². The van der Waals surface area contributed by atoms with E-state index in [1.54, 1.807) is 103 Å². The molecule has 0 radical (unpaired) electrons. The molecule has 8 aromatic rings. The van der Waals surface area contributed by atoms with Crippen LogP contribution in [0.5, 0.6) is 51.7 Å². The van der Waals surface area contributed by atoms with Crippen LogP contribution in [0.2, 0.25) is 0 Å². The third-order valence-corrected chi connectivity index (χ3v) is 11.0. The molecule has 74 heavy (non-hydrogen) atoms. The average molecular weight is 1040 g/mol. The molecule has 8 rings (SSSR count). The van der Waals surface area contributed by atoms with Crippen LogP contribution in [0.3, 0.4) is 0 Å².